The molecule has 1 aliphatic rings. The van der Waals surface area contributed by atoms with Crippen molar-refractivity contribution in [2.24, 2.45) is 0 Å². The van der Waals surface area contributed by atoms with Crippen molar-refractivity contribution in [2.75, 3.05) is 6.61 Å². The van der Waals surface area contributed by atoms with Gasteiger partial charge in [0.1, 0.15) is 5.15 Å². The van der Waals surface area contributed by atoms with Gasteiger partial charge in [-0.1, -0.05) is 11.6 Å². The van der Waals surface area contributed by atoms with Crippen molar-refractivity contribution < 1.29 is 5.11 Å². The lowest BCUT2D eigenvalue weighted by Gasteiger charge is -2.11. The van der Waals surface area contributed by atoms with Gasteiger partial charge in [0.25, 0.3) is 0 Å². The van der Waals surface area contributed by atoms with Crippen LogP contribution in [0, 0.1) is 0 Å². The predicted molar refractivity (Wildman–Crippen MR) is 112 cm³/mol. The number of nitrogens with zero attached hydrogens (tertiary/aromatic N) is 5. The third-order valence-electron chi connectivity index (χ3n) is 5.60. The first-order valence-electron chi connectivity index (χ1n) is 9.97. The Morgan fingerprint density at radius 1 is 1.10 bits per heavy atom. The zero-order chi connectivity index (χ0) is 20.0. The minimum Gasteiger partial charge on any atom is -0.396 e. The molecule has 0 radical (unpaired) electrons. The Balaban J connectivity index is 1.63. The molecule has 0 atom stereocenters. The minimum absolute atomic E-state index is 0.00801. The van der Waals surface area contributed by atoms with E-state index in [1.165, 1.54) is 0 Å². The fourth-order valence-corrected chi connectivity index (χ4v) is 4.23. The maximum Gasteiger partial charge on any atom is 0.329 e. The Morgan fingerprint density at radius 3 is 2.76 bits per heavy atom. The lowest BCUT2D eigenvalue weighted by molar-refractivity contribution is 0.281. The van der Waals surface area contributed by atoms with Crippen LogP contribution in [0.2, 0.25) is 5.15 Å². The molecule has 0 aliphatic heterocycles. The van der Waals surface area contributed by atoms with Crippen molar-refractivity contribution in [3.05, 3.63) is 58.0 Å². The first kappa shape index (κ1) is 18.4. The normalized spacial score (nSPS) is 14.3. The summed E-state index contributed by atoms with van der Waals surface area (Å²) in [5, 5.41) is 9.62. The van der Waals surface area contributed by atoms with Crippen molar-refractivity contribution >= 4 is 33.7 Å². The van der Waals surface area contributed by atoms with E-state index >= 15 is 0 Å². The maximum atomic E-state index is 13.2. The number of aliphatic hydroxyl groups excluding tert-OH is 1. The van der Waals surface area contributed by atoms with Crippen LogP contribution in [0.15, 0.2) is 41.5 Å². The number of rotatable bonds is 7. The van der Waals surface area contributed by atoms with E-state index in [-0.39, 0.29) is 12.3 Å². The molecule has 0 saturated heterocycles. The molecule has 150 valence electrons. The predicted octanol–water partition coefficient (Wildman–Crippen LogP) is 3.36. The molecule has 29 heavy (non-hydrogen) atoms. The van der Waals surface area contributed by atoms with Crippen molar-refractivity contribution in [2.45, 2.75) is 44.8 Å². The first-order valence-corrected chi connectivity index (χ1v) is 10.4. The summed E-state index contributed by atoms with van der Waals surface area (Å²) >= 11 is 6.10. The first-order chi connectivity index (χ1) is 14.2. The highest BCUT2D eigenvalue weighted by Gasteiger charge is 2.29. The van der Waals surface area contributed by atoms with Crippen molar-refractivity contribution in [1.82, 2.24) is 23.7 Å². The minimum atomic E-state index is 0.00801. The molecule has 1 saturated carbocycles. The van der Waals surface area contributed by atoms with Crippen LogP contribution in [0.4, 0.5) is 0 Å². The topological polar surface area (TPSA) is 77.9 Å². The lowest BCUT2D eigenvalue weighted by atomic mass is 10.3. The van der Waals surface area contributed by atoms with E-state index in [0.717, 1.165) is 60.0 Å². The fourth-order valence-electron chi connectivity index (χ4n) is 4.07. The van der Waals surface area contributed by atoms with Gasteiger partial charge >= 0.3 is 5.69 Å². The average Bonchev–Trinajstić information content (AvgIpc) is 3.44. The number of halogens is 1. The van der Waals surface area contributed by atoms with E-state index in [2.05, 4.69) is 14.5 Å². The van der Waals surface area contributed by atoms with Crippen molar-refractivity contribution in [3.8, 4) is 0 Å². The summed E-state index contributed by atoms with van der Waals surface area (Å²) in [5.41, 5.74) is 4.59. The van der Waals surface area contributed by atoms with Crippen molar-refractivity contribution in [1.29, 1.82) is 0 Å². The Hall–Kier alpha value is -2.64. The zero-order valence-electron chi connectivity index (χ0n) is 16.0. The molecule has 5 rings (SSSR count). The molecule has 0 amide bonds. The molecule has 4 aromatic heterocycles. The van der Waals surface area contributed by atoms with Crippen LogP contribution in [-0.2, 0) is 13.1 Å². The Bertz CT molecular complexity index is 1250. The molecule has 1 aliphatic carbocycles. The smallest absolute Gasteiger partial charge is 0.329 e. The molecule has 4 aromatic rings. The number of hydrogen-bond acceptors (Lipinski definition) is 4. The van der Waals surface area contributed by atoms with Gasteiger partial charge in [-0.2, -0.15) is 0 Å². The number of fused-ring (bicyclic) bond motifs is 2. The standard InChI is InChI=1S/C21H22ClN5O2/c22-20-6-5-17-16(24-20)11-15(25(17)9-1-2-10-28)13-26-19-12-23-8-7-18(19)27(21(26)29)14-3-4-14/h5-8,11-12,14,28H,1-4,9-10,13H2. The van der Waals surface area contributed by atoms with Gasteiger partial charge in [-0.25, -0.2) is 9.78 Å². The van der Waals surface area contributed by atoms with Gasteiger partial charge in [-0.3, -0.25) is 14.1 Å². The zero-order valence-corrected chi connectivity index (χ0v) is 16.7. The summed E-state index contributed by atoms with van der Waals surface area (Å²) in [6.07, 6.45) is 7.17. The second-order valence-corrected chi connectivity index (χ2v) is 7.98. The third kappa shape index (κ3) is 3.24. The Morgan fingerprint density at radius 2 is 1.97 bits per heavy atom. The van der Waals surface area contributed by atoms with E-state index in [0.29, 0.717) is 17.7 Å². The van der Waals surface area contributed by atoms with Crippen LogP contribution in [0.3, 0.4) is 0 Å². The molecule has 0 aromatic carbocycles. The quantitative estimate of drug-likeness (QED) is 0.373. The van der Waals surface area contributed by atoms with Crippen molar-refractivity contribution in [3.63, 3.8) is 0 Å². The second kappa shape index (κ2) is 7.31. The molecule has 1 fully saturated rings. The fraction of sp³-hybridized carbons (Fsp3) is 0.381. The Labute approximate surface area is 172 Å². The molecule has 1 N–H and O–H groups in total. The summed E-state index contributed by atoms with van der Waals surface area (Å²) in [4.78, 5) is 21.9. The average molecular weight is 412 g/mol. The number of pyridine rings is 2. The highest BCUT2D eigenvalue weighted by atomic mass is 35.5. The van der Waals surface area contributed by atoms with Crippen LogP contribution in [-0.4, -0.2) is 35.4 Å². The van der Waals surface area contributed by atoms with Crippen LogP contribution in [0.5, 0.6) is 0 Å². The molecular weight excluding hydrogens is 390 g/mol. The summed E-state index contributed by atoms with van der Waals surface area (Å²) in [5.74, 6) is 0. The lowest BCUT2D eigenvalue weighted by Crippen LogP contribution is -2.25. The van der Waals surface area contributed by atoms with Crippen LogP contribution < -0.4 is 5.69 Å². The van der Waals surface area contributed by atoms with Crippen LogP contribution >= 0.6 is 11.6 Å². The summed E-state index contributed by atoms with van der Waals surface area (Å²) < 4.78 is 5.89. The molecule has 0 spiro atoms. The van der Waals surface area contributed by atoms with E-state index in [1.807, 2.05) is 22.8 Å². The SMILES string of the molecule is O=c1n(Cc2cc3nc(Cl)ccc3n2CCCCO)c2cnccc2n1C1CC1. The number of imidazole rings is 1. The number of unbranched alkanes of at least 4 members (excludes halogenated alkanes) is 1. The molecule has 0 bridgehead atoms. The summed E-state index contributed by atoms with van der Waals surface area (Å²) in [6, 6.07) is 7.97. The molecule has 0 unspecified atom stereocenters. The second-order valence-electron chi connectivity index (χ2n) is 7.59. The molecule has 7 nitrogen and oxygen atoms in total. The van der Waals surface area contributed by atoms with Gasteiger partial charge in [0.15, 0.2) is 0 Å². The van der Waals surface area contributed by atoms with E-state index < -0.39 is 0 Å². The summed E-state index contributed by atoms with van der Waals surface area (Å²) in [6.45, 7) is 1.35. The van der Waals surface area contributed by atoms with Crippen LogP contribution in [0.1, 0.15) is 37.4 Å². The van der Waals surface area contributed by atoms with Gasteiger partial charge in [0.05, 0.1) is 34.8 Å². The molecule has 8 heteroatoms. The van der Waals surface area contributed by atoms with Gasteiger partial charge in [-0.15, -0.1) is 0 Å². The Kier molecular flexibility index (Phi) is 4.64. The van der Waals surface area contributed by atoms with E-state index in [1.54, 1.807) is 23.0 Å². The number of aliphatic hydroxyl groups is 1. The van der Waals surface area contributed by atoms with Gasteiger partial charge in [0, 0.05) is 31.1 Å². The highest BCUT2D eigenvalue weighted by Crippen LogP contribution is 2.36. The largest absolute Gasteiger partial charge is 0.396 e. The highest BCUT2D eigenvalue weighted by molar-refractivity contribution is 6.29. The van der Waals surface area contributed by atoms with Crippen LogP contribution in [0.25, 0.3) is 22.1 Å². The third-order valence-corrected chi connectivity index (χ3v) is 5.81. The monoisotopic (exact) mass is 411 g/mol. The van der Waals surface area contributed by atoms with Gasteiger partial charge < -0.3 is 9.67 Å². The number of hydrogen-bond donors (Lipinski definition) is 1. The van der Waals surface area contributed by atoms with E-state index in [9.17, 15) is 9.90 Å². The maximum absolute atomic E-state index is 13.2. The molecular formula is C21H22ClN5O2. The summed E-state index contributed by atoms with van der Waals surface area (Å²) in [7, 11) is 0. The van der Waals surface area contributed by atoms with Gasteiger partial charge in [0.2, 0.25) is 0 Å². The van der Waals surface area contributed by atoms with E-state index in [4.69, 9.17) is 11.6 Å². The number of aryl methyl sites for hydroxylation is 1. The molecule has 4 heterocycles. The van der Waals surface area contributed by atoms with Gasteiger partial charge in [-0.05, 0) is 49.9 Å². The number of aromatic nitrogens is 5.